The largest absolute Gasteiger partial charge is 0.315 e. The Hall–Kier alpha value is -2.98. The zero-order valence-corrected chi connectivity index (χ0v) is 17.8. The molecule has 1 aliphatic carbocycles. The average molecular weight is 422 g/mol. The standard InChI is InChI=1S/C23H23N3O3S/c1-13(2)19(26-22(28)15-9-6-7-10-16(15)23(26)29)20(27)25-21-17(12-24)14-8-4-3-5-11-18(14)30-21/h6-7,9-10,13,19H,3-5,8,11H2,1-2H3,(H,25,27)/t19-/m0/s1. The van der Waals surface area contributed by atoms with Gasteiger partial charge in [0.15, 0.2) is 0 Å². The molecular formula is C23H23N3O3S. The van der Waals surface area contributed by atoms with E-state index in [2.05, 4.69) is 11.4 Å². The number of carbonyl (C=O) groups is 3. The Morgan fingerprint density at radius 3 is 2.33 bits per heavy atom. The summed E-state index contributed by atoms with van der Waals surface area (Å²) in [5.74, 6) is -1.62. The van der Waals surface area contributed by atoms with Crippen molar-refractivity contribution < 1.29 is 14.4 Å². The van der Waals surface area contributed by atoms with Crippen LogP contribution in [0, 0.1) is 17.2 Å². The summed E-state index contributed by atoms with van der Waals surface area (Å²) in [4.78, 5) is 41.3. The predicted octanol–water partition coefficient (Wildman–Crippen LogP) is 4.15. The number of thiophene rings is 1. The number of fused-ring (bicyclic) bond motifs is 2. The Labute approximate surface area is 179 Å². The number of nitriles is 1. The highest BCUT2D eigenvalue weighted by Crippen LogP contribution is 2.37. The van der Waals surface area contributed by atoms with Gasteiger partial charge in [-0.25, -0.2) is 0 Å². The van der Waals surface area contributed by atoms with Gasteiger partial charge in [-0.1, -0.05) is 32.4 Å². The predicted molar refractivity (Wildman–Crippen MR) is 114 cm³/mol. The topological polar surface area (TPSA) is 90.3 Å². The molecule has 0 fully saturated rings. The summed E-state index contributed by atoms with van der Waals surface area (Å²) in [6.07, 6.45) is 5.02. The number of amides is 3. The highest BCUT2D eigenvalue weighted by Gasteiger charge is 2.44. The molecule has 30 heavy (non-hydrogen) atoms. The first-order valence-corrected chi connectivity index (χ1v) is 11.1. The fraction of sp³-hybridized carbons (Fsp3) is 0.391. The number of imide groups is 1. The molecule has 2 heterocycles. The Morgan fingerprint density at radius 2 is 1.73 bits per heavy atom. The van der Waals surface area contributed by atoms with E-state index >= 15 is 0 Å². The highest BCUT2D eigenvalue weighted by molar-refractivity contribution is 7.16. The van der Waals surface area contributed by atoms with Crippen LogP contribution in [0.4, 0.5) is 5.00 Å². The van der Waals surface area contributed by atoms with Gasteiger partial charge in [-0.05, 0) is 49.3 Å². The first kappa shape index (κ1) is 20.3. The van der Waals surface area contributed by atoms with E-state index < -0.39 is 23.8 Å². The van der Waals surface area contributed by atoms with Gasteiger partial charge in [0.25, 0.3) is 11.8 Å². The third-order valence-electron chi connectivity index (χ3n) is 5.77. The van der Waals surface area contributed by atoms with Crippen LogP contribution in [0.2, 0.25) is 0 Å². The van der Waals surface area contributed by atoms with E-state index in [1.165, 1.54) is 11.3 Å². The molecule has 0 bridgehead atoms. The number of carbonyl (C=O) groups excluding carboxylic acids is 3. The molecule has 7 heteroatoms. The second kappa shape index (κ2) is 8.04. The molecule has 1 aliphatic heterocycles. The van der Waals surface area contributed by atoms with Crippen LogP contribution >= 0.6 is 11.3 Å². The van der Waals surface area contributed by atoms with Gasteiger partial charge in [0.05, 0.1) is 16.7 Å². The zero-order chi connectivity index (χ0) is 21.4. The first-order chi connectivity index (χ1) is 14.4. The van der Waals surface area contributed by atoms with E-state index in [9.17, 15) is 19.6 Å². The van der Waals surface area contributed by atoms with Crippen molar-refractivity contribution in [2.24, 2.45) is 5.92 Å². The van der Waals surface area contributed by atoms with Crippen LogP contribution < -0.4 is 5.32 Å². The van der Waals surface area contributed by atoms with Crippen LogP contribution in [0.1, 0.15) is 69.8 Å². The minimum absolute atomic E-state index is 0.282. The maximum absolute atomic E-state index is 13.3. The molecule has 0 unspecified atom stereocenters. The summed E-state index contributed by atoms with van der Waals surface area (Å²) in [6.45, 7) is 3.62. The van der Waals surface area contributed by atoms with Crippen molar-refractivity contribution >= 4 is 34.1 Å². The van der Waals surface area contributed by atoms with Crippen LogP contribution in [-0.4, -0.2) is 28.7 Å². The Balaban J connectivity index is 1.65. The lowest BCUT2D eigenvalue weighted by Gasteiger charge is -2.28. The van der Waals surface area contributed by atoms with Crippen molar-refractivity contribution in [1.82, 2.24) is 4.90 Å². The Morgan fingerprint density at radius 1 is 1.10 bits per heavy atom. The molecule has 0 radical (unpaired) electrons. The van der Waals surface area contributed by atoms with Crippen LogP contribution in [0.15, 0.2) is 24.3 Å². The quantitative estimate of drug-likeness (QED) is 0.593. The molecule has 4 rings (SSSR count). The number of anilines is 1. The van der Waals surface area contributed by atoms with Crippen molar-refractivity contribution in [3.05, 3.63) is 51.4 Å². The van der Waals surface area contributed by atoms with Crippen LogP contribution in [0.3, 0.4) is 0 Å². The molecule has 1 aromatic carbocycles. The second-order valence-corrected chi connectivity index (χ2v) is 9.19. The molecule has 1 atom stereocenters. The molecule has 154 valence electrons. The van der Waals surface area contributed by atoms with E-state index in [1.807, 2.05) is 13.8 Å². The van der Waals surface area contributed by atoms with Crippen molar-refractivity contribution in [3.63, 3.8) is 0 Å². The summed E-state index contributed by atoms with van der Waals surface area (Å²) in [7, 11) is 0. The van der Waals surface area contributed by atoms with Crippen molar-refractivity contribution in [2.45, 2.75) is 52.0 Å². The summed E-state index contributed by atoms with van der Waals surface area (Å²) >= 11 is 1.45. The highest BCUT2D eigenvalue weighted by atomic mass is 32.1. The lowest BCUT2D eigenvalue weighted by Crippen LogP contribution is -2.50. The number of benzene rings is 1. The summed E-state index contributed by atoms with van der Waals surface area (Å²) in [6, 6.07) is 7.92. The Bertz CT molecular complexity index is 1040. The first-order valence-electron chi connectivity index (χ1n) is 10.3. The van der Waals surface area contributed by atoms with Gasteiger partial charge in [0, 0.05) is 4.88 Å². The van der Waals surface area contributed by atoms with Crippen LogP contribution in [0.5, 0.6) is 0 Å². The maximum Gasteiger partial charge on any atom is 0.262 e. The van der Waals surface area contributed by atoms with Gasteiger partial charge >= 0.3 is 0 Å². The van der Waals surface area contributed by atoms with Crippen LogP contribution in [0.25, 0.3) is 0 Å². The summed E-state index contributed by atoms with van der Waals surface area (Å²) in [5, 5.41) is 13.1. The molecule has 2 aromatic rings. The van der Waals surface area contributed by atoms with Crippen molar-refractivity contribution in [2.75, 3.05) is 5.32 Å². The number of rotatable bonds is 4. The molecule has 0 spiro atoms. The van der Waals surface area contributed by atoms with E-state index in [0.717, 1.165) is 47.4 Å². The molecule has 0 saturated heterocycles. The zero-order valence-electron chi connectivity index (χ0n) is 17.0. The number of hydrogen-bond donors (Lipinski definition) is 1. The average Bonchev–Trinajstić information content (AvgIpc) is 3.05. The van der Waals surface area contributed by atoms with Gasteiger partial charge in [-0.2, -0.15) is 5.26 Å². The minimum Gasteiger partial charge on any atom is -0.315 e. The van der Waals surface area contributed by atoms with Crippen molar-refractivity contribution in [1.29, 1.82) is 5.26 Å². The minimum atomic E-state index is -0.953. The number of nitrogens with one attached hydrogen (secondary N) is 1. The molecule has 0 saturated carbocycles. The molecule has 1 aromatic heterocycles. The normalized spacial score (nSPS) is 16.7. The van der Waals surface area contributed by atoms with Gasteiger partial charge in [-0.3, -0.25) is 19.3 Å². The van der Waals surface area contributed by atoms with E-state index in [0.29, 0.717) is 21.7 Å². The lowest BCUT2D eigenvalue weighted by atomic mass is 10.0. The van der Waals surface area contributed by atoms with Gasteiger partial charge in [0.1, 0.15) is 17.1 Å². The fourth-order valence-electron chi connectivity index (χ4n) is 4.31. The van der Waals surface area contributed by atoms with E-state index in [-0.39, 0.29) is 5.92 Å². The monoisotopic (exact) mass is 421 g/mol. The third-order valence-corrected chi connectivity index (χ3v) is 6.98. The van der Waals surface area contributed by atoms with Gasteiger partial charge in [0.2, 0.25) is 5.91 Å². The maximum atomic E-state index is 13.3. The van der Waals surface area contributed by atoms with E-state index in [1.54, 1.807) is 24.3 Å². The number of hydrogen-bond acceptors (Lipinski definition) is 5. The molecule has 1 N–H and O–H groups in total. The molecule has 6 nitrogen and oxygen atoms in total. The van der Waals surface area contributed by atoms with Gasteiger partial charge in [-0.15, -0.1) is 11.3 Å². The smallest absolute Gasteiger partial charge is 0.262 e. The molecule has 3 amide bonds. The lowest BCUT2D eigenvalue weighted by molar-refractivity contribution is -0.121. The number of nitrogens with zero attached hydrogens (tertiary/aromatic N) is 2. The summed E-state index contributed by atoms with van der Waals surface area (Å²) in [5.41, 5.74) is 2.20. The molecule has 2 aliphatic rings. The fourth-order valence-corrected chi connectivity index (χ4v) is 5.56. The van der Waals surface area contributed by atoms with E-state index in [4.69, 9.17) is 0 Å². The second-order valence-electron chi connectivity index (χ2n) is 8.08. The Kier molecular flexibility index (Phi) is 5.44. The third kappa shape index (κ3) is 3.31. The summed E-state index contributed by atoms with van der Waals surface area (Å²) < 4.78 is 0. The molecular weight excluding hydrogens is 398 g/mol. The van der Waals surface area contributed by atoms with Crippen LogP contribution in [-0.2, 0) is 17.6 Å². The number of aryl methyl sites for hydroxylation is 1. The SMILES string of the molecule is CC(C)[C@@H](C(=O)Nc1sc2c(c1C#N)CCCCC2)N1C(=O)c2ccccc2C1=O. The van der Waals surface area contributed by atoms with Gasteiger partial charge < -0.3 is 5.32 Å². The van der Waals surface area contributed by atoms with Crippen molar-refractivity contribution in [3.8, 4) is 6.07 Å².